The largest absolute Gasteiger partial charge is 0.497 e. The number of methoxy groups -OCH3 is 1. The highest BCUT2D eigenvalue weighted by molar-refractivity contribution is 5.98. The number of Topliss-reactive ketones (excluding diaryl/α,β-unsaturated/α-hetero) is 1. The fraction of sp³-hybridized carbons (Fsp3) is 0.200. The molecule has 0 saturated carbocycles. The minimum Gasteiger partial charge on any atom is -0.497 e. The molecule has 1 N–H and O–H groups in total. The molecule has 0 aliphatic heterocycles. The highest BCUT2D eigenvalue weighted by atomic mass is 16.5. The zero-order valence-corrected chi connectivity index (χ0v) is 16.4. The smallest absolute Gasteiger partial charge is 0.306 e. The summed E-state index contributed by atoms with van der Waals surface area (Å²) in [6.45, 7) is 0. The van der Waals surface area contributed by atoms with Crippen LogP contribution < -0.4 is 4.74 Å². The van der Waals surface area contributed by atoms with Gasteiger partial charge < -0.3 is 9.84 Å². The highest BCUT2D eigenvalue weighted by Crippen LogP contribution is 2.24. The van der Waals surface area contributed by atoms with Gasteiger partial charge in [0.2, 0.25) is 0 Å². The fourth-order valence-corrected chi connectivity index (χ4v) is 3.27. The van der Waals surface area contributed by atoms with Crippen molar-refractivity contribution in [1.29, 1.82) is 0 Å². The number of hydrogen-bond acceptors (Lipinski definition) is 3. The van der Waals surface area contributed by atoms with Crippen LogP contribution in [0.5, 0.6) is 5.75 Å². The Morgan fingerprint density at radius 3 is 2.00 bits per heavy atom. The Balaban J connectivity index is 1.64. The van der Waals surface area contributed by atoms with E-state index in [0.717, 1.165) is 22.4 Å². The number of carboxylic acid groups (broad SMARTS) is 1. The van der Waals surface area contributed by atoms with E-state index in [1.807, 2.05) is 66.7 Å². The van der Waals surface area contributed by atoms with Crippen LogP contribution in [-0.4, -0.2) is 24.0 Å². The van der Waals surface area contributed by atoms with Crippen molar-refractivity contribution >= 4 is 11.8 Å². The number of rotatable bonds is 9. The molecule has 0 saturated heterocycles. The Bertz CT molecular complexity index is 944. The molecule has 0 fully saturated rings. The molecule has 0 amide bonds. The molecule has 1 atom stereocenters. The van der Waals surface area contributed by atoms with Crippen LogP contribution in [0, 0.1) is 5.92 Å². The minimum atomic E-state index is -0.927. The fourth-order valence-electron chi connectivity index (χ4n) is 3.27. The Morgan fingerprint density at radius 2 is 1.45 bits per heavy atom. The van der Waals surface area contributed by atoms with E-state index < -0.39 is 11.9 Å². The van der Waals surface area contributed by atoms with E-state index in [0.29, 0.717) is 18.4 Å². The Labute approximate surface area is 170 Å². The van der Waals surface area contributed by atoms with Gasteiger partial charge in [-0.25, -0.2) is 0 Å². The number of carbonyl (C=O) groups is 2. The second-order valence-electron chi connectivity index (χ2n) is 6.99. The standard InChI is InChI=1S/C25H24O4/c1-29-23-15-13-20(14-16-23)19-9-11-21(12-10-19)24(26)17-22(25(27)28)8-7-18-5-3-2-4-6-18/h2-6,9-16,22H,7-8,17H2,1H3,(H,27,28). The van der Waals surface area contributed by atoms with Gasteiger partial charge in [0, 0.05) is 12.0 Å². The van der Waals surface area contributed by atoms with Crippen molar-refractivity contribution in [1.82, 2.24) is 0 Å². The van der Waals surface area contributed by atoms with E-state index in [2.05, 4.69) is 0 Å². The van der Waals surface area contributed by atoms with Gasteiger partial charge in [0.05, 0.1) is 13.0 Å². The molecule has 148 valence electrons. The summed E-state index contributed by atoms with van der Waals surface area (Å²) in [4.78, 5) is 24.2. The van der Waals surface area contributed by atoms with Crippen LogP contribution in [0.4, 0.5) is 0 Å². The van der Waals surface area contributed by atoms with E-state index in [1.54, 1.807) is 19.2 Å². The average Bonchev–Trinajstić information content (AvgIpc) is 2.77. The van der Waals surface area contributed by atoms with Crippen LogP contribution in [0.3, 0.4) is 0 Å². The van der Waals surface area contributed by atoms with Crippen molar-refractivity contribution in [2.45, 2.75) is 19.3 Å². The number of aliphatic carboxylic acids is 1. The molecule has 0 bridgehead atoms. The second kappa shape index (κ2) is 9.69. The second-order valence-corrected chi connectivity index (χ2v) is 6.99. The monoisotopic (exact) mass is 388 g/mol. The summed E-state index contributed by atoms with van der Waals surface area (Å²) in [6.07, 6.45) is 1.08. The maximum atomic E-state index is 12.6. The summed E-state index contributed by atoms with van der Waals surface area (Å²) in [5, 5.41) is 9.52. The molecule has 4 nitrogen and oxygen atoms in total. The van der Waals surface area contributed by atoms with E-state index in [4.69, 9.17) is 4.74 Å². The van der Waals surface area contributed by atoms with Gasteiger partial charge in [-0.3, -0.25) is 9.59 Å². The normalized spacial score (nSPS) is 11.6. The third-order valence-corrected chi connectivity index (χ3v) is 5.04. The zero-order valence-electron chi connectivity index (χ0n) is 16.4. The minimum absolute atomic E-state index is 0.00402. The van der Waals surface area contributed by atoms with Crippen LogP contribution >= 0.6 is 0 Å². The molecule has 0 heterocycles. The van der Waals surface area contributed by atoms with Crippen molar-refractivity contribution in [3.05, 3.63) is 90.0 Å². The molecule has 3 aromatic rings. The molecule has 0 aliphatic rings. The highest BCUT2D eigenvalue weighted by Gasteiger charge is 2.22. The zero-order chi connectivity index (χ0) is 20.6. The lowest BCUT2D eigenvalue weighted by Crippen LogP contribution is -2.19. The van der Waals surface area contributed by atoms with Gasteiger partial charge in [0.1, 0.15) is 5.75 Å². The maximum Gasteiger partial charge on any atom is 0.306 e. The number of carboxylic acids is 1. The summed E-state index contributed by atoms with van der Waals surface area (Å²) in [7, 11) is 1.62. The van der Waals surface area contributed by atoms with Gasteiger partial charge in [-0.1, -0.05) is 66.7 Å². The number of benzene rings is 3. The van der Waals surface area contributed by atoms with Crippen LogP contribution in [0.15, 0.2) is 78.9 Å². The lowest BCUT2D eigenvalue weighted by molar-refractivity contribution is -0.141. The molecule has 0 aliphatic carbocycles. The first-order valence-corrected chi connectivity index (χ1v) is 9.61. The van der Waals surface area contributed by atoms with Gasteiger partial charge in [-0.05, 0) is 41.7 Å². The lowest BCUT2D eigenvalue weighted by atomic mass is 9.92. The van der Waals surface area contributed by atoms with Crippen LogP contribution in [0.2, 0.25) is 0 Å². The molecule has 3 rings (SSSR count). The van der Waals surface area contributed by atoms with Crippen LogP contribution in [0.1, 0.15) is 28.8 Å². The van der Waals surface area contributed by atoms with Gasteiger partial charge in [-0.15, -0.1) is 0 Å². The Kier molecular flexibility index (Phi) is 6.80. The molecular formula is C25H24O4. The first kappa shape index (κ1) is 20.3. The van der Waals surface area contributed by atoms with Crippen molar-refractivity contribution < 1.29 is 19.4 Å². The number of aryl methyl sites for hydroxylation is 1. The first-order chi connectivity index (χ1) is 14.1. The van der Waals surface area contributed by atoms with Gasteiger partial charge in [0.15, 0.2) is 5.78 Å². The molecule has 3 aromatic carbocycles. The Morgan fingerprint density at radius 1 is 0.862 bits per heavy atom. The molecule has 1 unspecified atom stereocenters. The van der Waals surface area contributed by atoms with Gasteiger partial charge >= 0.3 is 5.97 Å². The maximum absolute atomic E-state index is 12.6. The van der Waals surface area contributed by atoms with Gasteiger partial charge in [-0.2, -0.15) is 0 Å². The summed E-state index contributed by atoms with van der Waals surface area (Å²) in [6, 6.07) is 24.7. The third-order valence-electron chi connectivity index (χ3n) is 5.04. The topological polar surface area (TPSA) is 63.6 Å². The van der Waals surface area contributed by atoms with Crippen molar-refractivity contribution in [2.24, 2.45) is 5.92 Å². The number of ketones is 1. The molecule has 0 radical (unpaired) electrons. The van der Waals surface area contributed by atoms with Crippen LogP contribution in [-0.2, 0) is 11.2 Å². The molecule has 0 aromatic heterocycles. The molecule has 0 spiro atoms. The molecule has 4 heteroatoms. The number of carbonyl (C=O) groups excluding carboxylic acids is 1. The predicted molar refractivity (Wildman–Crippen MR) is 113 cm³/mol. The number of ether oxygens (including phenoxy) is 1. The SMILES string of the molecule is COc1ccc(-c2ccc(C(=O)CC(CCc3ccccc3)C(=O)O)cc2)cc1. The molecular weight excluding hydrogens is 364 g/mol. The summed E-state index contributed by atoms with van der Waals surface area (Å²) in [5.41, 5.74) is 3.63. The van der Waals surface area contributed by atoms with E-state index in [-0.39, 0.29) is 12.2 Å². The lowest BCUT2D eigenvalue weighted by Gasteiger charge is -2.12. The van der Waals surface area contributed by atoms with E-state index in [1.165, 1.54) is 0 Å². The van der Waals surface area contributed by atoms with E-state index in [9.17, 15) is 14.7 Å². The van der Waals surface area contributed by atoms with Crippen molar-refractivity contribution in [2.75, 3.05) is 7.11 Å². The third kappa shape index (κ3) is 5.55. The quantitative estimate of drug-likeness (QED) is 0.507. The van der Waals surface area contributed by atoms with Gasteiger partial charge in [0.25, 0.3) is 0 Å². The Hall–Kier alpha value is -3.40. The van der Waals surface area contributed by atoms with E-state index >= 15 is 0 Å². The molecule has 29 heavy (non-hydrogen) atoms. The van der Waals surface area contributed by atoms with Crippen molar-refractivity contribution in [3.8, 4) is 16.9 Å². The predicted octanol–water partition coefficient (Wildman–Crippen LogP) is 5.27. The number of hydrogen-bond donors (Lipinski definition) is 1. The average molecular weight is 388 g/mol. The summed E-state index contributed by atoms with van der Waals surface area (Å²) < 4.78 is 5.17. The van der Waals surface area contributed by atoms with Crippen LogP contribution in [0.25, 0.3) is 11.1 Å². The first-order valence-electron chi connectivity index (χ1n) is 9.61. The summed E-state index contributed by atoms with van der Waals surface area (Å²) >= 11 is 0. The summed E-state index contributed by atoms with van der Waals surface area (Å²) in [5.74, 6) is -0.976. The van der Waals surface area contributed by atoms with Crippen molar-refractivity contribution in [3.63, 3.8) is 0 Å².